The predicted octanol–water partition coefficient (Wildman–Crippen LogP) is 16.7. The van der Waals surface area contributed by atoms with Crippen LogP contribution in [0.25, 0.3) is 66.9 Å². The second-order valence-electron chi connectivity index (χ2n) is 21.0. The van der Waals surface area contributed by atoms with Gasteiger partial charge in [-0.25, -0.2) is 0 Å². The van der Waals surface area contributed by atoms with Crippen LogP contribution < -0.4 is 10.1 Å². The van der Waals surface area contributed by atoms with Gasteiger partial charge in [0.2, 0.25) is 0 Å². The Labute approximate surface area is 386 Å². The molecule has 320 valence electrons. The number of nitrogens with zero attached hydrogens (tertiary/aromatic N) is 2. The molecule has 8 aromatic carbocycles. The lowest BCUT2D eigenvalue weighted by atomic mass is 9.80. The molecule has 0 saturated carbocycles. The van der Waals surface area contributed by atoms with Crippen LogP contribution in [-0.4, -0.2) is 12.6 Å². The van der Waals surface area contributed by atoms with E-state index in [1.807, 2.05) is 0 Å². The summed E-state index contributed by atoms with van der Waals surface area (Å²) in [7, 11) is -1.49. The second-order valence-corrected chi connectivity index (χ2v) is 26.0. The van der Waals surface area contributed by atoms with Gasteiger partial charge in [0, 0.05) is 33.2 Å². The van der Waals surface area contributed by atoms with Crippen LogP contribution in [0.1, 0.15) is 68.9 Å². The fourth-order valence-corrected chi connectivity index (χ4v) is 11.9. The molecule has 0 amide bonds. The highest BCUT2D eigenvalue weighted by Crippen LogP contribution is 2.55. The van der Waals surface area contributed by atoms with E-state index < -0.39 is 8.07 Å². The zero-order chi connectivity index (χ0) is 44.8. The molecule has 0 atom stereocenters. The number of anilines is 3. The smallest absolute Gasteiger partial charge is 0.0775 e. The average molecular weight is 859 g/mol. The Morgan fingerprint density at radius 3 is 1.69 bits per heavy atom. The third-order valence-corrected chi connectivity index (χ3v) is 16.4. The van der Waals surface area contributed by atoms with Crippen LogP contribution in [0.15, 0.2) is 176 Å². The Kier molecular flexibility index (Phi) is 9.61. The minimum Gasteiger partial charge on any atom is -0.310 e. The lowest BCUT2D eigenvalue weighted by Crippen LogP contribution is -2.37. The van der Waals surface area contributed by atoms with Crippen molar-refractivity contribution < 1.29 is 0 Å². The van der Waals surface area contributed by atoms with Gasteiger partial charge in [-0.2, -0.15) is 0 Å². The van der Waals surface area contributed by atoms with E-state index in [1.54, 1.807) is 0 Å². The van der Waals surface area contributed by atoms with Gasteiger partial charge in [-0.1, -0.05) is 175 Å². The van der Waals surface area contributed by atoms with Crippen LogP contribution in [0.4, 0.5) is 17.1 Å². The van der Waals surface area contributed by atoms with Gasteiger partial charge in [-0.15, -0.1) is 0 Å². The van der Waals surface area contributed by atoms with E-state index >= 15 is 0 Å². The third-order valence-electron chi connectivity index (χ3n) is 14.4. The van der Waals surface area contributed by atoms with Crippen LogP contribution in [0.5, 0.6) is 0 Å². The van der Waals surface area contributed by atoms with Crippen LogP contribution in [-0.2, 0) is 17.3 Å². The number of benzene rings is 8. The van der Waals surface area contributed by atoms with E-state index in [9.17, 15) is 0 Å². The first-order valence-corrected chi connectivity index (χ1v) is 27.0. The maximum absolute atomic E-state index is 2.56. The molecule has 11 rings (SSSR count). The maximum Gasteiger partial charge on any atom is 0.0775 e. The molecule has 0 spiro atoms. The molecule has 0 radical (unpaired) electrons. The first-order valence-electron chi connectivity index (χ1n) is 23.5. The molecule has 1 aromatic heterocycles. The molecule has 2 nitrogen and oxygen atoms in total. The normalized spacial score (nSPS) is 14.1. The number of aromatic nitrogens is 1. The lowest BCUT2D eigenvalue weighted by Gasteiger charge is -2.33. The van der Waals surface area contributed by atoms with E-state index in [4.69, 9.17) is 0 Å². The van der Waals surface area contributed by atoms with Crippen LogP contribution >= 0.6 is 0 Å². The van der Waals surface area contributed by atoms with Crippen LogP contribution in [0, 0.1) is 0 Å². The van der Waals surface area contributed by atoms with Crippen molar-refractivity contribution in [2.75, 3.05) is 4.90 Å². The van der Waals surface area contributed by atoms with E-state index in [0.717, 1.165) is 12.8 Å². The molecule has 0 unspecified atom stereocenters. The van der Waals surface area contributed by atoms with Gasteiger partial charge in [-0.05, 0) is 146 Å². The molecule has 2 aliphatic carbocycles. The molecule has 0 fully saturated rings. The van der Waals surface area contributed by atoms with E-state index in [-0.39, 0.29) is 10.8 Å². The summed E-state index contributed by atoms with van der Waals surface area (Å²) in [6, 6.07) is 64.3. The van der Waals surface area contributed by atoms with Gasteiger partial charge in [0.1, 0.15) is 0 Å². The summed E-state index contributed by atoms with van der Waals surface area (Å²) in [6.07, 6.45) is 6.85. The Bertz CT molecular complexity index is 3160. The number of fused-ring (bicyclic) bond motifs is 8. The molecule has 2 aliphatic rings. The Morgan fingerprint density at radius 2 is 1.14 bits per heavy atom. The Morgan fingerprint density at radius 1 is 0.569 bits per heavy atom. The minimum atomic E-state index is -1.49. The third kappa shape index (κ3) is 6.91. The standard InChI is InChI=1S/C62H58N2Si/c1-61(2,3)45-25-27-46(28-26-45)63(47-29-32-49(33-30-47)65(6,7)8)59-40-56-60(51-22-16-15-21-50(51)59)52-34-31-48(39-55(52)62(56,4)5)64-57-35-23-43(41-17-11-9-12-18-41)37-53(57)54-38-44(24-36-58(54)64)42-19-13-10-14-20-42/h9-14,16-20,22-40H,15,21H2,1-8H3. The first kappa shape index (κ1) is 41.0. The molecule has 0 saturated heterocycles. The summed E-state index contributed by atoms with van der Waals surface area (Å²) in [5.41, 5.74) is 21.7. The van der Waals surface area contributed by atoms with Crippen molar-refractivity contribution in [3.8, 4) is 39.1 Å². The van der Waals surface area contributed by atoms with E-state index in [2.05, 4.69) is 246 Å². The number of hydrogen-bond donors (Lipinski definition) is 0. The zero-order valence-corrected chi connectivity index (χ0v) is 40.1. The Hall–Kier alpha value is -6.68. The van der Waals surface area contributed by atoms with Gasteiger partial charge in [0.25, 0.3) is 0 Å². The van der Waals surface area contributed by atoms with Crippen LogP contribution in [0.2, 0.25) is 19.6 Å². The molecule has 0 bridgehead atoms. The molecule has 0 aliphatic heterocycles. The van der Waals surface area contributed by atoms with Crippen molar-refractivity contribution >= 4 is 58.2 Å². The topological polar surface area (TPSA) is 8.17 Å². The molecule has 9 aromatic rings. The van der Waals surface area contributed by atoms with Gasteiger partial charge in [0.15, 0.2) is 0 Å². The molecular formula is C62H58N2Si. The van der Waals surface area contributed by atoms with Gasteiger partial charge in [0.05, 0.1) is 24.8 Å². The zero-order valence-electron chi connectivity index (χ0n) is 39.1. The predicted molar refractivity (Wildman–Crippen MR) is 283 cm³/mol. The van der Waals surface area contributed by atoms with Crippen molar-refractivity contribution in [2.24, 2.45) is 0 Å². The van der Waals surface area contributed by atoms with Gasteiger partial charge in [-0.3, -0.25) is 0 Å². The highest BCUT2D eigenvalue weighted by molar-refractivity contribution is 6.88. The highest BCUT2D eigenvalue weighted by Gasteiger charge is 2.40. The molecule has 65 heavy (non-hydrogen) atoms. The molecule has 3 heteroatoms. The van der Waals surface area contributed by atoms with Crippen molar-refractivity contribution in [2.45, 2.75) is 77.9 Å². The van der Waals surface area contributed by atoms with Crippen LogP contribution in [0.3, 0.4) is 0 Å². The van der Waals surface area contributed by atoms with Crippen molar-refractivity contribution in [1.29, 1.82) is 0 Å². The average Bonchev–Trinajstić information content (AvgIpc) is 3.76. The van der Waals surface area contributed by atoms with Gasteiger partial charge < -0.3 is 9.47 Å². The quantitative estimate of drug-likeness (QED) is 0.145. The largest absolute Gasteiger partial charge is 0.310 e. The summed E-state index contributed by atoms with van der Waals surface area (Å²) in [5, 5.41) is 4.01. The molecule has 1 heterocycles. The number of rotatable bonds is 7. The van der Waals surface area contributed by atoms with E-state index in [0.29, 0.717) is 0 Å². The lowest BCUT2D eigenvalue weighted by molar-refractivity contribution is 0.590. The summed E-state index contributed by atoms with van der Waals surface area (Å²) in [6.45, 7) is 19.1. The van der Waals surface area contributed by atoms with Crippen molar-refractivity contribution in [1.82, 2.24) is 4.57 Å². The summed E-state index contributed by atoms with van der Waals surface area (Å²) < 4.78 is 2.50. The summed E-state index contributed by atoms with van der Waals surface area (Å²) in [5.74, 6) is 0. The molecular weight excluding hydrogens is 801 g/mol. The number of hydrogen-bond acceptors (Lipinski definition) is 1. The number of allylic oxidation sites excluding steroid dienone is 1. The molecule has 0 N–H and O–H groups in total. The van der Waals surface area contributed by atoms with Crippen molar-refractivity contribution in [3.05, 3.63) is 204 Å². The summed E-state index contributed by atoms with van der Waals surface area (Å²) in [4.78, 5) is 2.55. The fourth-order valence-electron chi connectivity index (χ4n) is 10.7. The summed E-state index contributed by atoms with van der Waals surface area (Å²) >= 11 is 0. The van der Waals surface area contributed by atoms with Crippen molar-refractivity contribution in [3.63, 3.8) is 0 Å². The minimum absolute atomic E-state index is 0.0734. The SMILES string of the molecule is CC(C)(C)c1ccc(N(c2ccc([Si](C)(C)C)cc2)c2cc3c(c4c2CCC=C4)-c2ccc(-n4c5ccc(-c6ccccc6)cc5c5cc(-c6ccccc6)ccc54)cc2C3(C)C)cc1. The Balaban J connectivity index is 1.09. The fraction of sp³-hybridized carbons (Fsp3) is 0.194. The van der Waals surface area contributed by atoms with Gasteiger partial charge >= 0.3 is 0 Å². The first-order chi connectivity index (χ1) is 31.3. The maximum atomic E-state index is 2.56. The monoisotopic (exact) mass is 858 g/mol. The van der Waals surface area contributed by atoms with E-state index in [1.165, 1.54) is 111 Å². The second kappa shape index (κ2) is 15.2. The highest BCUT2D eigenvalue weighted by atomic mass is 28.3.